The third kappa shape index (κ3) is 5.01. The van der Waals surface area contributed by atoms with Crippen LogP contribution in [0.2, 0.25) is 0 Å². The maximum atomic E-state index is 12.2. The summed E-state index contributed by atoms with van der Waals surface area (Å²) in [5.41, 5.74) is 0.702. The number of alkyl halides is 2. The average Bonchev–Trinajstić information content (AvgIpc) is 2.96. The molecule has 2 N–H and O–H groups in total. The van der Waals surface area contributed by atoms with Crippen LogP contribution >= 0.6 is 12.2 Å². The smallest absolute Gasteiger partial charge is 0.387 e. The fourth-order valence-corrected chi connectivity index (χ4v) is 5.57. The number of nitrogens with zero attached hydrogens (tertiary/aromatic N) is 1. The molecule has 2 fully saturated rings. The lowest BCUT2D eigenvalue weighted by molar-refractivity contribution is -0.925. The Morgan fingerprint density at radius 1 is 1.27 bits per heavy atom. The molecule has 0 aromatic heterocycles. The Labute approximate surface area is 157 Å². The van der Waals surface area contributed by atoms with E-state index < -0.39 is 16.4 Å². The van der Waals surface area contributed by atoms with E-state index in [0.717, 1.165) is 32.6 Å². The van der Waals surface area contributed by atoms with Gasteiger partial charge in [-0.25, -0.2) is 8.42 Å². The summed E-state index contributed by atoms with van der Waals surface area (Å²) in [6.45, 7) is 0.365. The minimum atomic E-state index is -2.86. The first-order valence-electron chi connectivity index (χ1n) is 8.48. The van der Waals surface area contributed by atoms with Gasteiger partial charge >= 0.3 is 6.61 Å². The molecule has 6 nitrogen and oxygen atoms in total. The fourth-order valence-electron chi connectivity index (χ4n) is 3.44. The Bertz CT molecular complexity index is 736. The van der Waals surface area contributed by atoms with Gasteiger partial charge in [0, 0.05) is 12.1 Å². The summed E-state index contributed by atoms with van der Waals surface area (Å²) in [4.78, 5) is 3.38. The molecule has 0 aliphatic carbocycles. The van der Waals surface area contributed by atoms with Crippen molar-refractivity contribution in [3.63, 3.8) is 0 Å². The van der Waals surface area contributed by atoms with Crippen molar-refractivity contribution < 1.29 is 26.8 Å². The number of hydrogen-bond donors (Lipinski definition) is 2. The average molecular weight is 407 g/mol. The lowest BCUT2D eigenvalue weighted by Crippen LogP contribution is -3.18. The maximum Gasteiger partial charge on any atom is 0.387 e. The first kappa shape index (κ1) is 19.2. The molecule has 0 amide bonds. The van der Waals surface area contributed by atoms with Crippen LogP contribution in [0.1, 0.15) is 6.42 Å². The Morgan fingerprint density at radius 3 is 2.46 bits per heavy atom. The highest BCUT2D eigenvalue weighted by atomic mass is 32.2. The number of benzene rings is 1. The molecular weight excluding hydrogens is 384 g/mol. The van der Waals surface area contributed by atoms with E-state index in [1.165, 1.54) is 17.0 Å². The van der Waals surface area contributed by atoms with Crippen LogP contribution in [0.4, 0.5) is 14.5 Å². The summed E-state index contributed by atoms with van der Waals surface area (Å²) in [5.74, 6) is 0.689. The topological polar surface area (TPSA) is 63.1 Å². The van der Waals surface area contributed by atoms with Crippen LogP contribution < -0.4 is 15.0 Å². The largest absolute Gasteiger partial charge is 0.435 e. The molecule has 0 saturated carbocycles. The predicted molar refractivity (Wildman–Crippen MR) is 98.6 cm³/mol. The second kappa shape index (κ2) is 8.01. The molecule has 2 saturated heterocycles. The van der Waals surface area contributed by atoms with Gasteiger partial charge in [-0.2, -0.15) is 8.78 Å². The van der Waals surface area contributed by atoms with Crippen LogP contribution in [0.3, 0.4) is 0 Å². The number of nitrogens with one attached hydrogen (secondary N) is 2. The van der Waals surface area contributed by atoms with Gasteiger partial charge in [0.25, 0.3) is 0 Å². The quantitative estimate of drug-likeness (QED) is 0.705. The standard InChI is InChI=1S/C16H21F2N3O3S2/c17-15(18)24-14-3-1-12(2-4-14)19-16(25)21-8-6-20(7-9-21)13-5-10-26(22,23)11-13/h1-4,13,15H,5-11H2,(H,19,25)/p+1/t13-/m1/s1. The first-order chi connectivity index (χ1) is 12.3. The molecule has 1 atom stereocenters. The van der Waals surface area contributed by atoms with Gasteiger partial charge < -0.3 is 19.9 Å². The minimum Gasteiger partial charge on any atom is -0.435 e. The number of halogens is 2. The van der Waals surface area contributed by atoms with Gasteiger partial charge in [-0.1, -0.05) is 0 Å². The van der Waals surface area contributed by atoms with E-state index in [0.29, 0.717) is 16.6 Å². The summed E-state index contributed by atoms with van der Waals surface area (Å²) in [6, 6.07) is 6.38. The van der Waals surface area contributed by atoms with Crippen LogP contribution in [0.15, 0.2) is 24.3 Å². The van der Waals surface area contributed by atoms with E-state index in [4.69, 9.17) is 12.2 Å². The van der Waals surface area contributed by atoms with Crippen molar-refractivity contribution in [1.82, 2.24) is 4.90 Å². The molecule has 10 heteroatoms. The number of thiocarbonyl (C=S) groups is 1. The second-order valence-electron chi connectivity index (χ2n) is 6.58. The van der Waals surface area contributed by atoms with Crippen molar-refractivity contribution in [3.8, 4) is 5.75 Å². The molecule has 0 bridgehead atoms. The second-order valence-corrected chi connectivity index (χ2v) is 9.19. The van der Waals surface area contributed by atoms with E-state index in [-0.39, 0.29) is 17.5 Å². The van der Waals surface area contributed by atoms with Crippen molar-refractivity contribution >= 4 is 32.9 Å². The van der Waals surface area contributed by atoms with E-state index >= 15 is 0 Å². The number of sulfone groups is 1. The highest BCUT2D eigenvalue weighted by molar-refractivity contribution is 7.91. The number of quaternary nitrogens is 1. The van der Waals surface area contributed by atoms with Crippen LogP contribution in [0.25, 0.3) is 0 Å². The number of hydrogen-bond acceptors (Lipinski definition) is 4. The molecule has 2 heterocycles. The van der Waals surface area contributed by atoms with Crippen molar-refractivity contribution in [2.24, 2.45) is 0 Å². The van der Waals surface area contributed by atoms with E-state index in [1.807, 2.05) is 4.90 Å². The zero-order chi connectivity index (χ0) is 18.7. The molecule has 2 aliphatic rings. The number of rotatable bonds is 4. The molecule has 1 aromatic carbocycles. The van der Waals surface area contributed by atoms with Crippen molar-refractivity contribution in [2.45, 2.75) is 19.1 Å². The van der Waals surface area contributed by atoms with Gasteiger partial charge in [0.05, 0.1) is 31.9 Å². The maximum absolute atomic E-state index is 12.2. The Kier molecular flexibility index (Phi) is 5.93. The van der Waals surface area contributed by atoms with E-state index in [1.54, 1.807) is 12.1 Å². The van der Waals surface area contributed by atoms with Gasteiger partial charge in [-0.05, 0) is 36.5 Å². The lowest BCUT2D eigenvalue weighted by Gasteiger charge is -2.36. The summed E-state index contributed by atoms with van der Waals surface area (Å²) < 4.78 is 51.9. The number of ether oxygens (including phenoxy) is 1. The Hall–Kier alpha value is -1.52. The van der Waals surface area contributed by atoms with Gasteiger partial charge in [-0.3, -0.25) is 0 Å². The SMILES string of the molecule is O=S1(=O)CC[C@@H]([NH+]2CCN(C(=S)Nc3ccc(OC(F)F)cc3)CC2)C1. The summed E-state index contributed by atoms with van der Waals surface area (Å²) >= 11 is 5.43. The van der Waals surface area contributed by atoms with Crippen molar-refractivity contribution in [1.29, 1.82) is 0 Å². The normalized spacial score (nSPS) is 23.2. The zero-order valence-corrected chi connectivity index (χ0v) is 15.8. The third-order valence-corrected chi connectivity index (χ3v) is 6.96. The molecule has 3 rings (SSSR count). The van der Waals surface area contributed by atoms with Crippen molar-refractivity contribution in [3.05, 3.63) is 24.3 Å². The van der Waals surface area contributed by atoms with Gasteiger partial charge in [-0.15, -0.1) is 0 Å². The Balaban J connectivity index is 1.48. The van der Waals surface area contributed by atoms with Gasteiger partial charge in [0.15, 0.2) is 14.9 Å². The van der Waals surface area contributed by atoms with Gasteiger partial charge in [0.1, 0.15) is 17.5 Å². The van der Waals surface area contributed by atoms with E-state index in [9.17, 15) is 17.2 Å². The first-order valence-corrected chi connectivity index (χ1v) is 10.7. The number of piperazine rings is 1. The lowest BCUT2D eigenvalue weighted by atomic mass is 10.2. The summed E-state index contributed by atoms with van der Waals surface area (Å²) in [6.07, 6.45) is 0.743. The molecule has 0 unspecified atom stereocenters. The highest BCUT2D eigenvalue weighted by Gasteiger charge is 2.37. The van der Waals surface area contributed by atoms with Crippen LogP contribution in [0.5, 0.6) is 5.75 Å². The molecule has 0 spiro atoms. The Morgan fingerprint density at radius 2 is 1.92 bits per heavy atom. The minimum absolute atomic E-state index is 0.0974. The van der Waals surface area contributed by atoms with Gasteiger partial charge in [0.2, 0.25) is 0 Å². The van der Waals surface area contributed by atoms with Crippen LogP contribution in [-0.2, 0) is 9.84 Å². The molecule has 26 heavy (non-hydrogen) atoms. The fraction of sp³-hybridized carbons (Fsp3) is 0.562. The van der Waals surface area contributed by atoms with E-state index in [2.05, 4.69) is 10.1 Å². The number of anilines is 1. The molecule has 144 valence electrons. The highest BCUT2D eigenvalue weighted by Crippen LogP contribution is 2.18. The summed E-state index contributed by atoms with van der Waals surface area (Å²) in [5, 5.41) is 3.67. The summed E-state index contributed by atoms with van der Waals surface area (Å²) in [7, 11) is -2.86. The molecule has 2 aliphatic heterocycles. The van der Waals surface area contributed by atoms with Crippen LogP contribution in [0, 0.1) is 0 Å². The third-order valence-electron chi connectivity index (χ3n) is 4.83. The monoisotopic (exact) mass is 406 g/mol. The van der Waals surface area contributed by atoms with Crippen molar-refractivity contribution in [2.75, 3.05) is 43.0 Å². The molecule has 1 aromatic rings. The predicted octanol–water partition coefficient (Wildman–Crippen LogP) is 0.372. The molecule has 0 radical (unpaired) electrons. The zero-order valence-electron chi connectivity index (χ0n) is 14.2. The molecular formula is C16H22F2N3O3S2+. The van der Waals surface area contributed by atoms with Crippen LogP contribution in [-0.4, -0.2) is 68.8 Å².